The van der Waals surface area contributed by atoms with E-state index in [4.69, 9.17) is 4.74 Å². The Kier molecular flexibility index (Phi) is 10.3. The van der Waals surface area contributed by atoms with Gasteiger partial charge in [-0.2, -0.15) is 13.2 Å². The lowest BCUT2D eigenvalue weighted by Gasteiger charge is -2.44. The number of nitrogens with zero attached hydrogens (tertiary/aromatic N) is 6. The van der Waals surface area contributed by atoms with E-state index in [9.17, 15) is 27.6 Å². The minimum absolute atomic E-state index is 0.000656. The quantitative estimate of drug-likeness (QED) is 0.233. The van der Waals surface area contributed by atoms with Gasteiger partial charge in [-0.05, 0) is 39.9 Å². The smallest absolute Gasteiger partial charge is 0.379 e. The highest BCUT2D eigenvalue weighted by Gasteiger charge is 2.36. The lowest BCUT2D eigenvalue weighted by Crippen LogP contribution is -2.55. The summed E-state index contributed by atoms with van der Waals surface area (Å²) >= 11 is 0. The van der Waals surface area contributed by atoms with Crippen LogP contribution < -0.4 is 21.1 Å². The van der Waals surface area contributed by atoms with E-state index in [0.717, 1.165) is 24.3 Å². The number of likely N-dealkylation sites (N-methyl/N-ethyl adjacent to an activating group) is 1. The lowest BCUT2D eigenvalue weighted by molar-refractivity contribution is -0.138. The van der Waals surface area contributed by atoms with Crippen LogP contribution in [0, 0.1) is 5.82 Å². The maximum Gasteiger partial charge on any atom is 0.417 e. The van der Waals surface area contributed by atoms with Crippen LogP contribution in [0.3, 0.4) is 0 Å². The number of nitrogens with one attached hydrogen (secondary N) is 3. The van der Waals surface area contributed by atoms with Crippen molar-refractivity contribution in [1.29, 1.82) is 0 Å². The number of piperazine rings is 1. The van der Waals surface area contributed by atoms with Crippen molar-refractivity contribution in [3.63, 3.8) is 0 Å². The summed E-state index contributed by atoms with van der Waals surface area (Å²) in [6.45, 7) is 9.01. The molecule has 0 unspecified atom stereocenters. The van der Waals surface area contributed by atoms with Gasteiger partial charge in [-0.3, -0.25) is 24.2 Å². The molecule has 0 bridgehead atoms. The van der Waals surface area contributed by atoms with Crippen molar-refractivity contribution >= 4 is 23.2 Å². The molecule has 0 radical (unpaired) electrons. The molecule has 17 heteroatoms. The Hall–Kier alpha value is -4.35. The number of rotatable bonds is 9. The number of pyridine rings is 1. The number of hydrogen-bond acceptors (Lipinski definition) is 9. The highest BCUT2D eigenvalue weighted by Crippen LogP contribution is 2.35. The largest absolute Gasteiger partial charge is 0.417 e. The number of morpholine rings is 1. The first kappa shape index (κ1) is 34.0. The number of halogens is 4. The van der Waals surface area contributed by atoms with Gasteiger partial charge in [-0.25, -0.2) is 9.07 Å². The third-order valence-corrected chi connectivity index (χ3v) is 8.50. The number of aromatic nitrogens is 4. The lowest BCUT2D eigenvalue weighted by atomic mass is 10.1. The average Bonchev–Trinajstić information content (AvgIpc) is 3.52. The van der Waals surface area contributed by atoms with Crippen molar-refractivity contribution in [1.82, 2.24) is 35.1 Å². The van der Waals surface area contributed by atoms with E-state index in [1.54, 1.807) is 0 Å². The molecule has 2 amide bonds. The Bertz CT molecular complexity index is 1640. The summed E-state index contributed by atoms with van der Waals surface area (Å²) < 4.78 is 63.4. The van der Waals surface area contributed by atoms with Gasteiger partial charge in [0.05, 0.1) is 41.9 Å². The standard InChI is InChI=1S/C30H37F4N9O4/c1-18-15-42(16-19(2)40(18)3)26-12-22(31)25(13-23(26)37-28(45)20-14-36-27(44)11-21(20)30(32,33)34)43-17-24(38-39-43)29(46)35-5-4-6-41-7-9-47-10-8-41/h11-14,17-19H,4-10,15-16H2,1-3H3,(H,35,46)(H,36,44)(H,37,45)/t18-,19+. The molecule has 2 fully saturated rings. The number of hydrogen-bond donors (Lipinski definition) is 3. The van der Waals surface area contributed by atoms with Gasteiger partial charge in [0.25, 0.3) is 11.8 Å². The second-order valence-electron chi connectivity index (χ2n) is 11.8. The highest BCUT2D eigenvalue weighted by atomic mass is 19.4. The number of carbonyl (C=O) groups excluding carboxylic acids is 2. The van der Waals surface area contributed by atoms with Gasteiger partial charge < -0.3 is 25.3 Å². The van der Waals surface area contributed by atoms with Crippen molar-refractivity contribution < 1.29 is 31.9 Å². The van der Waals surface area contributed by atoms with Gasteiger partial charge in [-0.1, -0.05) is 5.21 Å². The van der Waals surface area contributed by atoms with Gasteiger partial charge in [0, 0.05) is 63.1 Å². The Morgan fingerprint density at radius 1 is 1.06 bits per heavy atom. The van der Waals surface area contributed by atoms with E-state index in [2.05, 4.69) is 35.7 Å². The Balaban J connectivity index is 1.41. The number of benzene rings is 1. The van der Waals surface area contributed by atoms with Crippen LogP contribution in [-0.4, -0.2) is 113 Å². The summed E-state index contributed by atoms with van der Waals surface area (Å²) in [7, 11) is 1.95. The molecule has 0 aliphatic carbocycles. The molecule has 13 nitrogen and oxygen atoms in total. The van der Waals surface area contributed by atoms with Crippen molar-refractivity contribution in [3.05, 3.63) is 63.6 Å². The normalized spacial score (nSPS) is 19.5. The SMILES string of the molecule is C[C@@H]1CN(c2cc(F)c(-n3cc(C(=O)NCCCN4CCOCC4)nn3)cc2NC(=O)c2c[nH]c(=O)cc2C(F)(F)F)C[C@H](C)N1C. The van der Waals surface area contributed by atoms with Crippen LogP contribution in [-0.2, 0) is 10.9 Å². The zero-order valence-corrected chi connectivity index (χ0v) is 26.2. The molecule has 2 aliphatic rings. The molecule has 5 rings (SSSR count). The molecule has 4 heterocycles. The maximum atomic E-state index is 15.8. The number of ether oxygens (including phenoxy) is 1. The Morgan fingerprint density at radius 3 is 2.45 bits per heavy atom. The van der Waals surface area contributed by atoms with Crippen molar-refractivity contribution in [2.24, 2.45) is 0 Å². The van der Waals surface area contributed by atoms with E-state index in [1.165, 1.54) is 18.3 Å². The second-order valence-corrected chi connectivity index (χ2v) is 11.8. The topological polar surface area (TPSA) is 141 Å². The monoisotopic (exact) mass is 663 g/mol. The molecule has 47 heavy (non-hydrogen) atoms. The summed E-state index contributed by atoms with van der Waals surface area (Å²) in [5, 5.41) is 13.0. The maximum absolute atomic E-state index is 15.8. The molecule has 2 aliphatic heterocycles. The molecule has 2 aromatic heterocycles. The molecule has 2 atom stereocenters. The number of H-pyrrole nitrogens is 1. The predicted octanol–water partition coefficient (Wildman–Crippen LogP) is 2.35. The number of amides is 2. The van der Waals surface area contributed by atoms with Crippen LogP contribution in [0.1, 0.15) is 46.7 Å². The zero-order chi connectivity index (χ0) is 33.9. The van der Waals surface area contributed by atoms with E-state index < -0.39 is 40.5 Å². The fourth-order valence-corrected chi connectivity index (χ4v) is 5.68. The van der Waals surface area contributed by atoms with Gasteiger partial charge in [0.15, 0.2) is 11.5 Å². The molecule has 2 saturated heterocycles. The van der Waals surface area contributed by atoms with Crippen LogP contribution >= 0.6 is 0 Å². The third kappa shape index (κ3) is 7.97. The van der Waals surface area contributed by atoms with Gasteiger partial charge >= 0.3 is 6.18 Å². The second kappa shape index (κ2) is 14.2. The van der Waals surface area contributed by atoms with Crippen LogP contribution in [0.4, 0.5) is 28.9 Å². The summed E-state index contributed by atoms with van der Waals surface area (Å²) in [5.41, 5.74) is -3.29. The van der Waals surface area contributed by atoms with E-state index >= 15 is 4.39 Å². The minimum atomic E-state index is -4.99. The van der Waals surface area contributed by atoms with Gasteiger partial charge in [0.2, 0.25) is 5.56 Å². The first-order chi connectivity index (χ1) is 22.3. The molecule has 254 valence electrons. The molecule has 0 spiro atoms. The average molecular weight is 664 g/mol. The van der Waals surface area contributed by atoms with Crippen LogP contribution in [0.5, 0.6) is 0 Å². The number of carbonyl (C=O) groups is 2. The third-order valence-electron chi connectivity index (χ3n) is 8.50. The van der Waals surface area contributed by atoms with Crippen molar-refractivity contribution in [2.45, 2.75) is 38.5 Å². The molecular weight excluding hydrogens is 626 g/mol. The Labute approximate surface area is 267 Å². The number of aromatic amines is 1. The molecule has 0 saturated carbocycles. The fourth-order valence-electron chi connectivity index (χ4n) is 5.68. The summed E-state index contributed by atoms with van der Waals surface area (Å²) in [4.78, 5) is 46.0. The van der Waals surface area contributed by atoms with Crippen LogP contribution in [0.15, 0.2) is 35.4 Å². The number of anilines is 2. The number of alkyl halides is 3. The van der Waals surface area contributed by atoms with E-state index in [-0.39, 0.29) is 34.8 Å². The van der Waals surface area contributed by atoms with E-state index in [0.29, 0.717) is 51.5 Å². The van der Waals surface area contributed by atoms with Gasteiger partial charge in [0.1, 0.15) is 5.69 Å². The summed E-state index contributed by atoms with van der Waals surface area (Å²) in [6.07, 6.45) is -2.37. The fraction of sp³-hybridized carbons (Fsp3) is 0.500. The van der Waals surface area contributed by atoms with Crippen molar-refractivity contribution in [3.8, 4) is 5.69 Å². The molecule has 3 N–H and O–H groups in total. The minimum Gasteiger partial charge on any atom is -0.379 e. The molecule has 1 aromatic carbocycles. The highest BCUT2D eigenvalue weighted by molar-refractivity contribution is 6.07. The Morgan fingerprint density at radius 2 is 1.77 bits per heavy atom. The van der Waals surface area contributed by atoms with Crippen LogP contribution in [0.25, 0.3) is 5.69 Å². The van der Waals surface area contributed by atoms with Gasteiger partial charge in [-0.15, -0.1) is 5.10 Å². The van der Waals surface area contributed by atoms with Crippen LogP contribution in [0.2, 0.25) is 0 Å². The predicted molar refractivity (Wildman–Crippen MR) is 164 cm³/mol. The molecular formula is C30H37F4N9O4. The van der Waals surface area contributed by atoms with Crippen molar-refractivity contribution in [2.75, 3.05) is 69.7 Å². The first-order valence-corrected chi connectivity index (χ1v) is 15.2. The zero-order valence-electron chi connectivity index (χ0n) is 26.2. The summed E-state index contributed by atoms with van der Waals surface area (Å²) in [6, 6.07) is 2.77. The molecule has 3 aromatic rings. The first-order valence-electron chi connectivity index (χ1n) is 15.2. The van der Waals surface area contributed by atoms with E-state index in [1.807, 2.05) is 25.8 Å². The summed E-state index contributed by atoms with van der Waals surface area (Å²) in [5.74, 6) is -2.44.